The number of fused-ring (bicyclic) bond motifs is 1. The fourth-order valence-corrected chi connectivity index (χ4v) is 3.65. The molecule has 0 bridgehead atoms. The Morgan fingerprint density at radius 3 is 2.64 bits per heavy atom. The van der Waals surface area contributed by atoms with E-state index in [2.05, 4.69) is 10.2 Å². The first-order valence-electron chi connectivity index (χ1n) is 8.86. The van der Waals surface area contributed by atoms with Gasteiger partial charge in [-0.05, 0) is 54.9 Å². The van der Waals surface area contributed by atoms with Gasteiger partial charge in [-0.1, -0.05) is 36.4 Å². The molecule has 3 aromatic rings. The minimum atomic E-state index is -0.0347. The van der Waals surface area contributed by atoms with Gasteiger partial charge in [-0.3, -0.25) is 9.69 Å². The molecular weight excluding hydrogens is 312 g/mol. The highest BCUT2D eigenvalue weighted by molar-refractivity contribution is 6.07. The fraction of sp³-hybridized carbons (Fsp3) is 0.286. The van der Waals surface area contributed by atoms with Crippen LogP contribution in [0.5, 0.6) is 0 Å². The first kappa shape index (κ1) is 15.9. The van der Waals surface area contributed by atoms with E-state index in [1.807, 2.05) is 54.6 Å². The zero-order valence-corrected chi connectivity index (χ0v) is 14.2. The molecule has 25 heavy (non-hydrogen) atoms. The number of likely N-dealkylation sites (tertiary alicyclic amines) is 1. The van der Waals surface area contributed by atoms with E-state index in [1.54, 1.807) is 6.26 Å². The van der Waals surface area contributed by atoms with E-state index < -0.39 is 0 Å². The Morgan fingerprint density at radius 2 is 1.84 bits per heavy atom. The molecule has 0 spiro atoms. The average Bonchev–Trinajstić information content (AvgIpc) is 3.36. The molecule has 4 heteroatoms. The summed E-state index contributed by atoms with van der Waals surface area (Å²) in [5, 5.41) is 5.18. The van der Waals surface area contributed by atoms with Crippen LogP contribution in [0.3, 0.4) is 0 Å². The van der Waals surface area contributed by atoms with E-state index in [-0.39, 0.29) is 11.9 Å². The van der Waals surface area contributed by atoms with Gasteiger partial charge in [0, 0.05) is 12.1 Å². The van der Waals surface area contributed by atoms with E-state index in [1.165, 1.54) is 12.8 Å². The molecule has 1 fully saturated rings. The molecule has 1 N–H and O–H groups in total. The van der Waals surface area contributed by atoms with Crippen LogP contribution in [0.15, 0.2) is 65.3 Å². The number of carbonyl (C=O) groups excluding carboxylic acids is 1. The third-order valence-corrected chi connectivity index (χ3v) is 4.94. The number of carbonyl (C=O) groups is 1. The molecule has 4 nitrogen and oxygen atoms in total. The Labute approximate surface area is 147 Å². The van der Waals surface area contributed by atoms with E-state index >= 15 is 0 Å². The molecule has 128 valence electrons. The second kappa shape index (κ2) is 7.11. The first-order valence-corrected chi connectivity index (χ1v) is 8.86. The fourth-order valence-electron chi connectivity index (χ4n) is 3.65. The van der Waals surface area contributed by atoms with Crippen molar-refractivity contribution in [1.82, 2.24) is 10.2 Å². The van der Waals surface area contributed by atoms with Gasteiger partial charge in [0.25, 0.3) is 5.91 Å². The lowest BCUT2D eigenvalue weighted by Crippen LogP contribution is -2.36. The molecule has 0 unspecified atom stereocenters. The van der Waals surface area contributed by atoms with Crippen molar-refractivity contribution in [2.45, 2.75) is 18.9 Å². The molecule has 1 atom stereocenters. The summed E-state index contributed by atoms with van der Waals surface area (Å²) < 4.78 is 5.62. The van der Waals surface area contributed by atoms with Crippen LogP contribution in [0.25, 0.3) is 10.8 Å². The van der Waals surface area contributed by atoms with Crippen molar-refractivity contribution in [3.8, 4) is 0 Å². The van der Waals surface area contributed by atoms with Gasteiger partial charge in [0.1, 0.15) is 5.76 Å². The van der Waals surface area contributed by atoms with Crippen LogP contribution in [0.2, 0.25) is 0 Å². The van der Waals surface area contributed by atoms with Crippen LogP contribution < -0.4 is 5.32 Å². The quantitative estimate of drug-likeness (QED) is 0.767. The second-order valence-electron chi connectivity index (χ2n) is 6.51. The summed E-state index contributed by atoms with van der Waals surface area (Å²) in [5.74, 6) is 0.882. The highest BCUT2D eigenvalue weighted by Gasteiger charge is 2.26. The van der Waals surface area contributed by atoms with E-state index in [9.17, 15) is 4.79 Å². The number of nitrogens with one attached hydrogen (secondary N) is 1. The summed E-state index contributed by atoms with van der Waals surface area (Å²) in [6, 6.07) is 17.8. The first-order chi connectivity index (χ1) is 12.3. The second-order valence-corrected chi connectivity index (χ2v) is 6.51. The van der Waals surface area contributed by atoms with Crippen molar-refractivity contribution < 1.29 is 9.21 Å². The summed E-state index contributed by atoms with van der Waals surface area (Å²) in [6.07, 6.45) is 4.11. The number of hydrogen-bond acceptors (Lipinski definition) is 3. The highest BCUT2D eigenvalue weighted by atomic mass is 16.3. The molecule has 1 saturated heterocycles. The lowest BCUT2D eigenvalue weighted by molar-refractivity contribution is 0.0935. The van der Waals surface area contributed by atoms with Gasteiger partial charge in [-0.25, -0.2) is 0 Å². The summed E-state index contributed by atoms with van der Waals surface area (Å²) >= 11 is 0. The minimum Gasteiger partial charge on any atom is -0.468 e. The normalized spacial score (nSPS) is 16.2. The van der Waals surface area contributed by atoms with Crippen LogP contribution in [0, 0.1) is 0 Å². The maximum absolute atomic E-state index is 12.8. The number of hydrogen-bond donors (Lipinski definition) is 1. The lowest BCUT2D eigenvalue weighted by atomic mass is 10.0. The van der Waals surface area contributed by atoms with Crippen molar-refractivity contribution >= 4 is 16.7 Å². The van der Waals surface area contributed by atoms with Crippen LogP contribution in [-0.4, -0.2) is 30.4 Å². The largest absolute Gasteiger partial charge is 0.468 e. The van der Waals surface area contributed by atoms with Gasteiger partial charge < -0.3 is 9.73 Å². The Bertz CT molecular complexity index is 846. The zero-order chi connectivity index (χ0) is 17.1. The van der Waals surface area contributed by atoms with Gasteiger partial charge >= 0.3 is 0 Å². The van der Waals surface area contributed by atoms with E-state index in [0.717, 1.165) is 35.2 Å². The minimum absolute atomic E-state index is 0.0347. The average molecular weight is 334 g/mol. The molecule has 0 radical (unpaired) electrons. The number of furan rings is 1. The topological polar surface area (TPSA) is 45.5 Å². The van der Waals surface area contributed by atoms with E-state index in [4.69, 9.17) is 4.42 Å². The molecule has 1 aliphatic heterocycles. The van der Waals surface area contributed by atoms with Crippen molar-refractivity contribution in [3.63, 3.8) is 0 Å². The molecule has 2 heterocycles. The van der Waals surface area contributed by atoms with Crippen LogP contribution >= 0.6 is 0 Å². The van der Waals surface area contributed by atoms with Crippen molar-refractivity contribution in [2.75, 3.05) is 19.6 Å². The number of rotatable bonds is 5. The number of amides is 1. The SMILES string of the molecule is O=C(NC[C@H](c1ccco1)N1CCCC1)c1cccc2ccccc12. The molecule has 1 aliphatic rings. The van der Waals surface area contributed by atoms with E-state index in [0.29, 0.717) is 6.54 Å². The molecule has 1 amide bonds. The lowest BCUT2D eigenvalue weighted by Gasteiger charge is -2.26. The van der Waals surface area contributed by atoms with Gasteiger partial charge in [0.15, 0.2) is 0 Å². The molecule has 4 rings (SSSR count). The predicted molar refractivity (Wildman–Crippen MR) is 98.5 cm³/mol. The van der Waals surface area contributed by atoms with Crippen LogP contribution in [0.1, 0.15) is 35.0 Å². The Kier molecular flexibility index (Phi) is 4.53. The maximum atomic E-state index is 12.8. The smallest absolute Gasteiger partial charge is 0.251 e. The van der Waals surface area contributed by atoms with Gasteiger partial charge in [0.05, 0.1) is 12.3 Å². The maximum Gasteiger partial charge on any atom is 0.251 e. The Morgan fingerprint density at radius 1 is 1.04 bits per heavy atom. The van der Waals surface area contributed by atoms with Gasteiger partial charge in [-0.2, -0.15) is 0 Å². The summed E-state index contributed by atoms with van der Waals surface area (Å²) in [7, 11) is 0. The summed E-state index contributed by atoms with van der Waals surface area (Å²) in [6.45, 7) is 2.65. The third kappa shape index (κ3) is 3.30. The van der Waals surface area contributed by atoms with Gasteiger partial charge in [-0.15, -0.1) is 0 Å². The van der Waals surface area contributed by atoms with Gasteiger partial charge in [0.2, 0.25) is 0 Å². The van der Waals surface area contributed by atoms with Crippen molar-refractivity contribution in [1.29, 1.82) is 0 Å². The van der Waals surface area contributed by atoms with Crippen molar-refractivity contribution in [2.24, 2.45) is 0 Å². The Balaban J connectivity index is 1.53. The molecule has 2 aromatic carbocycles. The summed E-state index contributed by atoms with van der Waals surface area (Å²) in [5.41, 5.74) is 0.720. The number of benzene rings is 2. The summed E-state index contributed by atoms with van der Waals surface area (Å²) in [4.78, 5) is 15.2. The number of nitrogens with zero attached hydrogens (tertiary/aromatic N) is 1. The third-order valence-electron chi connectivity index (χ3n) is 4.94. The zero-order valence-electron chi connectivity index (χ0n) is 14.2. The molecule has 0 aliphatic carbocycles. The van der Waals surface area contributed by atoms with Crippen LogP contribution in [0.4, 0.5) is 0 Å². The standard InChI is InChI=1S/C21H22N2O2/c24-21(18-10-5-8-16-7-1-2-9-17(16)18)22-15-19(20-11-6-14-25-20)23-12-3-4-13-23/h1-2,5-11,14,19H,3-4,12-13,15H2,(H,22,24)/t19-/m1/s1. The predicted octanol–water partition coefficient (Wildman–Crippen LogP) is 4.00. The molecule has 0 saturated carbocycles. The van der Waals surface area contributed by atoms with Crippen LogP contribution in [-0.2, 0) is 0 Å². The monoisotopic (exact) mass is 334 g/mol. The molecule has 1 aromatic heterocycles. The van der Waals surface area contributed by atoms with Crippen molar-refractivity contribution in [3.05, 3.63) is 72.2 Å². The molecular formula is C21H22N2O2. The Hall–Kier alpha value is -2.59. The highest BCUT2D eigenvalue weighted by Crippen LogP contribution is 2.25.